The molecule has 0 saturated carbocycles. The van der Waals surface area contributed by atoms with Gasteiger partial charge in [-0.15, -0.1) is 0 Å². The molecule has 1 aromatic carbocycles. The highest BCUT2D eigenvalue weighted by Crippen LogP contribution is 2.14. The van der Waals surface area contributed by atoms with E-state index >= 15 is 0 Å². The number of aromatic nitrogens is 4. The molecule has 0 fully saturated rings. The Morgan fingerprint density at radius 1 is 1.08 bits per heavy atom. The Morgan fingerprint density at radius 2 is 1.88 bits per heavy atom. The average Bonchev–Trinajstić information content (AvgIpc) is 3.08. The second-order valence-electron chi connectivity index (χ2n) is 5.73. The van der Waals surface area contributed by atoms with Crippen molar-refractivity contribution in [1.82, 2.24) is 19.5 Å². The molecule has 3 rings (SSSR count). The molecule has 2 N–H and O–H groups in total. The van der Waals surface area contributed by atoms with Crippen molar-refractivity contribution in [3.05, 3.63) is 48.5 Å². The fraction of sp³-hybridized carbons (Fsp3) is 0.278. The summed E-state index contributed by atoms with van der Waals surface area (Å²) in [5.74, 6) is -0.107. The predicted molar refractivity (Wildman–Crippen MR) is 95.3 cm³/mol. The van der Waals surface area contributed by atoms with Crippen molar-refractivity contribution in [3.8, 4) is 0 Å². The summed E-state index contributed by atoms with van der Waals surface area (Å²) >= 11 is 0. The number of nitrogen functional groups attached to an aromatic ring is 1. The van der Waals surface area contributed by atoms with E-state index in [1.807, 2.05) is 10.6 Å². The summed E-state index contributed by atoms with van der Waals surface area (Å²) in [5.41, 5.74) is 7.55. The molecule has 2 heterocycles. The fourth-order valence-electron chi connectivity index (χ4n) is 2.54. The van der Waals surface area contributed by atoms with Gasteiger partial charge in [0.25, 0.3) is 0 Å². The Balaban J connectivity index is 1.40. The molecule has 8 nitrogen and oxygen atoms in total. The van der Waals surface area contributed by atoms with Crippen LogP contribution in [-0.4, -0.2) is 37.9 Å². The molecule has 2 aromatic heterocycles. The second-order valence-corrected chi connectivity index (χ2v) is 5.73. The molecule has 0 unspecified atom stereocenters. The van der Waals surface area contributed by atoms with Crippen LogP contribution in [0.4, 0.5) is 5.82 Å². The summed E-state index contributed by atoms with van der Waals surface area (Å²) < 4.78 is 7.01. The number of Topliss-reactive ketones (excluding diaryl/α,β-unsaturated/α-hetero) is 1. The van der Waals surface area contributed by atoms with Gasteiger partial charge in [0.2, 0.25) is 0 Å². The van der Waals surface area contributed by atoms with E-state index < -0.39 is 0 Å². The van der Waals surface area contributed by atoms with Crippen molar-refractivity contribution in [2.24, 2.45) is 0 Å². The lowest BCUT2D eigenvalue weighted by Gasteiger charge is -2.06. The SMILES string of the molecule is Nc1ncnc2c1ncn2CCCOC(=O)CCC(=O)c1ccccc1. The Bertz CT molecular complexity index is 908. The summed E-state index contributed by atoms with van der Waals surface area (Å²) in [6, 6.07) is 8.90. The maximum Gasteiger partial charge on any atom is 0.306 e. The zero-order valence-corrected chi connectivity index (χ0v) is 14.2. The molecule has 0 saturated heterocycles. The number of rotatable bonds is 8. The van der Waals surface area contributed by atoms with E-state index in [9.17, 15) is 9.59 Å². The van der Waals surface area contributed by atoms with E-state index in [0.29, 0.717) is 35.5 Å². The Kier molecular flexibility index (Phi) is 5.52. The first-order chi connectivity index (χ1) is 12.6. The summed E-state index contributed by atoms with van der Waals surface area (Å²) in [7, 11) is 0. The standard InChI is InChI=1S/C18H19N5O3/c19-17-16-18(21-11-20-17)23(12-22-16)9-4-10-26-15(25)8-7-14(24)13-5-2-1-3-6-13/h1-3,5-6,11-12H,4,7-10H2,(H2,19,20,21). The van der Waals surface area contributed by atoms with Crippen molar-refractivity contribution in [2.45, 2.75) is 25.8 Å². The van der Waals surface area contributed by atoms with Crippen molar-refractivity contribution < 1.29 is 14.3 Å². The molecule has 0 radical (unpaired) electrons. The molecule has 0 atom stereocenters. The van der Waals surface area contributed by atoms with Gasteiger partial charge in [-0.3, -0.25) is 9.59 Å². The Morgan fingerprint density at radius 3 is 2.69 bits per heavy atom. The van der Waals surface area contributed by atoms with Crippen LogP contribution in [0.15, 0.2) is 43.0 Å². The van der Waals surface area contributed by atoms with E-state index in [1.54, 1.807) is 30.6 Å². The lowest BCUT2D eigenvalue weighted by Crippen LogP contribution is -2.10. The molecule has 134 valence electrons. The van der Waals surface area contributed by atoms with Crippen molar-refractivity contribution in [2.75, 3.05) is 12.3 Å². The zero-order valence-electron chi connectivity index (χ0n) is 14.2. The highest BCUT2D eigenvalue weighted by molar-refractivity contribution is 5.97. The summed E-state index contributed by atoms with van der Waals surface area (Å²) in [6.07, 6.45) is 3.85. The number of carbonyl (C=O) groups excluding carboxylic acids is 2. The third-order valence-corrected chi connectivity index (χ3v) is 3.89. The van der Waals surface area contributed by atoms with E-state index in [1.165, 1.54) is 6.33 Å². The topological polar surface area (TPSA) is 113 Å². The molecule has 0 aliphatic heterocycles. The van der Waals surface area contributed by atoms with Gasteiger partial charge in [0.05, 0.1) is 19.4 Å². The highest BCUT2D eigenvalue weighted by Gasteiger charge is 2.10. The van der Waals surface area contributed by atoms with Crippen molar-refractivity contribution in [3.63, 3.8) is 0 Å². The molecule has 0 amide bonds. The molecular weight excluding hydrogens is 334 g/mol. The molecule has 0 bridgehead atoms. The third-order valence-electron chi connectivity index (χ3n) is 3.89. The largest absolute Gasteiger partial charge is 0.466 e. The number of esters is 1. The summed E-state index contributed by atoms with van der Waals surface area (Å²) in [6.45, 7) is 0.849. The first-order valence-corrected chi connectivity index (χ1v) is 8.30. The van der Waals surface area contributed by atoms with Crippen LogP contribution < -0.4 is 5.73 Å². The monoisotopic (exact) mass is 353 g/mol. The van der Waals surface area contributed by atoms with Gasteiger partial charge in [0.15, 0.2) is 17.2 Å². The maximum absolute atomic E-state index is 11.9. The van der Waals surface area contributed by atoms with E-state index in [-0.39, 0.29) is 31.2 Å². The van der Waals surface area contributed by atoms with Gasteiger partial charge in [0, 0.05) is 18.5 Å². The smallest absolute Gasteiger partial charge is 0.306 e. The van der Waals surface area contributed by atoms with Crippen LogP contribution in [-0.2, 0) is 16.1 Å². The van der Waals surface area contributed by atoms with Gasteiger partial charge in [-0.05, 0) is 6.42 Å². The van der Waals surface area contributed by atoms with E-state index in [4.69, 9.17) is 10.5 Å². The van der Waals surface area contributed by atoms with Crippen molar-refractivity contribution in [1.29, 1.82) is 0 Å². The molecule has 26 heavy (non-hydrogen) atoms. The van der Waals surface area contributed by atoms with Gasteiger partial charge in [-0.25, -0.2) is 15.0 Å². The van der Waals surface area contributed by atoms with Gasteiger partial charge in [-0.1, -0.05) is 30.3 Å². The molecule has 8 heteroatoms. The minimum Gasteiger partial charge on any atom is -0.466 e. The summed E-state index contributed by atoms with van der Waals surface area (Å²) in [5, 5.41) is 0. The average molecular weight is 353 g/mol. The minimum atomic E-state index is -0.378. The fourth-order valence-corrected chi connectivity index (χ4v) is 2.54. The predicted octanol–water partition coefficient (Wildman–Crippen LogP) is 2.00. The normalized spacial score (nSPS) is 10.8. The number of aryl methyl sites for hydroxylation is 1. The number of anilines is 1. The summed E-state index contributed by atoms with van der Waals surface area (Å²) in [4.78, 5) is 35.9. The van der Waals surface area contributed by atoms with Crippen LogP contribution >= 0.6 is 0 Å². The number of ether oxygens (including phenoxy) is 1. The van der Waals surface area contributed by atoms with Crippen LogP contribution in [0.3, 0.4) is 0 Å². The van der Waals surface area contributed by atoms with E-state index in [0.717, 1.165) is 0 Å². The quantitative estimate of drug-likeness (QED) is 0.374. The first-order valence-electron chi connectivity index (χ1n) is 8.30. The zero-order chi connectivity index (χ0) is 18.4. The third kappa shape index (κ3) is 4.21. The second kappa shape index (κ2) is 8.19. The molecule has 0 spiro atoms. The molecule has 0 aliphatic rings. The Hall–Kier alpha value is -3.29. The van der Waals surface area contributed by atoms with Gasteiger partial charge < -0.3 is 15.0 Å². The van der Waals surface area contributed by atoms with Crippen LogP contribution in [0.2, 0.25) is 0 Å². The van der Waals surface area contributed by atoms with Crippen LogP contribution in [0.5, 0.6) is 0 Å². The van der Waals surface area contributed by atoms with Crippen LogP contribution in [0, 0.1) is 0 Å². The lowest BCUT2D eigenvalue weighted by atomic mass is 10.1. The van der Waals surface area contributed by atoms with Crippen molar-refractivity contribution >= 4 is 28.7 Å². The number of imidazole rings is 1. The van der Waals surface area contributed by atoms with Gasteiger partial charge >= 0.3 is 5.97 Å². The number of hydrogen-bond donors (Lipinski definition) is 1. The highest BCUT2D eigenvalue weighted by atomic mass is 16.5. The molecule has 0 aliphatic carbocycles. The lowest BCUT2D eigenvalue weighted by molar-refractivity contribution is -0.143. The Labute approximate surface area is 150 Å². The van der Waals surface area contributed by atoms with Gasteiger partial charge in [0.1, 0.15) is 11.8 Å². The minimum absolute atomic E-state index is 0.0651. The van der Waals surface area contributed by atoms with Gasteiger partial charge in [-0.2, -0.15) is 0 Å². The number of hydrogen-bond acceptors (Lipinski definition) is 7. The number of nitrogens with two attached hydrogens (primary N) is 1. The number of ketones is 1. The van der Waals surface area contributed by atoms with Crippen LogP contribution in [0.1, 0.15) is 29.6 Å². The number of fused-ring (bicyclic) bond motifs is 1. The number of nitrogens with zero attached hydrogens (tertiary/aromatic N) is 4. The first kappa shape index (κ1) is 17.5. The number of benzene rings is 1. The van der Waals surface area contributed by atoms with E-state index in [2.05, 4.69) is 15.0 Å². The number of carbonyl (C=O) groups is 2. The van der Waals surface area contributed by atoms with Crippen LogP contribution in [0.25, 0.3) is 11.2 Å². The molecule has 3 aromatic rings. The maximum atomic E-state index is 11.9. The molecular formula is C18H19N5O3.